The fourth-order valence-electron chi connectivity index (χ4n) is 1.28. The second-order valence-electron chi connectivity index (χ2n) is 3.67. The third-order valence-electron chi connectivity index (χ3n) is 2.18. The van der Waals surface area contributed by atoms with Crippen molar-refractivity contribution in [3.05, 3.63) is 18.2 Å². The van der Waals surface area contributed by atoms with Crippen LogP contribution in [0.25, 0.3) is 0 Å². The van der Waals surface area contributed by atoms with E-state index in [0.717, 1.165) is 11.6 Å². The van der Waals surface area contributed by atoms with Crippen LogP contribution in [0.1, 0.15) is 38.6 Å². The molecule has 5 heteroatoms. The molecule has 4 nitrogen and oxygen atoms in total. The Morgan fingerprint density at radius 3 is 3.12 bits per heavy atom. The van der Waals surface area contributed by atoms with Crippen LogP contribution in [0, 0.1) is 0 Å². The van der Waals surface area contributed by atoms with Gasteiger partial charge >= 0.3 is 0 Å². The Labute approximate surface area is 101 Å². The number of H-pyrrole nitrogens is 1. The maximum Gasteiger partial charge on any atom is 0.230 e. The monoisotopic (exact) mass is 241 g/mol. The molecule has 16 heavy (non-hydrogen) atoms. The van der Waals surface area contributed by atoms with Crippen LogP contribution < -0.4 is 5.32 Å². The normalized spacial score (nSPS) is 12.4. The minimum absolute atomic E-state index is 0.0470. The van der Waals surface area contributed by atoms with E-state index in [4.69, 9.17) is 0 Å². The number of hydrogen-bond acceptors (Lipinski definition) is 3. The average Bonchev–Trinajstić information content (AvgIpc) is 2.77. The van der Waals surface area contributed by atoms with Gasteiger partial charge in [-0.1, -0.05) is 13.3 Å². The number of carbonyl (C=O) groups excluding carboxylic acids is 1. The largest absolute Gasteiger partial charge is 0.347 e. The molecule has 1 heterocycles. The van der Waals surface area contributed by atoms with Gasteiger partial charge in [-0.05, 0) is 19.1 Å². The van der Waals surface area contributed by atoms with Gasteiger partial charge in [0.05, 0.1) is 11.8 Å². The molecule has 0 aliphatic rings. The van der Waals surface area contributed by atoms with E-state index in [1.807, 2.05) is 6.92 Å². The molecule has 1 aromatic heterocycles. The first-order valence-electron chi connectivity index (χ1n) is 5.60. The molecule has 0 aromatic carbocycles. The first kappa shape index (κ1) is 13.1. The van der Waals surface area contributed by atoms with Crippen molar-refractivity contribution in [1.82, 2.24) is 15.3 Å². The fraction of sp³-hybridized carbons (Fsp3) is 0.636. The molecule has 0 saturated carbocycles. The maximum absolute atomic E-state index is 11.5. The molecule has 90 valence electrons. The molecule has 2 N–H and O–H groups in total. The van der Waals surface area contributed by atoms with Crippen LogP contribution in [-0.4, -0.2) is 27.4 Å². The van der Waals surface area contributed by atoms with Crippen molar-refractivity contribution >= 4 is 17.7 Å². The first-order valence-corrected chi connectivity index (χ1v) is 6.76. The van der Waals surface area contributed by atoms with Crippen LogP contribution in [-0.2, 0) is 4.79 Å². The lowest BCUT2D eigenvalue weighted by Crippen LogP contribution is -2.28. The van der Waals surface area contributed by atoms with Crippen LogP contribution in [0.2, 0.25) is 0 Å². The smallest absolute Gasteiger partial charge is 0.230 e. The summed E-state index contributed by atoms with van der Waals surface area (Å²) in [7, 11) is 0. The van der Waals surface area contributed by atoms with E-state index in [-0.39, 0.29) is 11.9 Å². The van der Waals surface area contributed by atoms with E-state index >= 15 is 0 Å². The number of aromatic amines is 1. The number of nitrogens with one attached hydrogen (secondary N) is 2. The molecule has 0 fully saturated rings. The van der Waals surface area contributed by atoms with E-state index in [9.17, 15) is 4.79 Å². The summed E-state index contributed by atoms with van der Waals surface area (Å²) in [5.74, 6) is 2.46. The molecule has 0 bridgehead atoms. The lowest BCUT2D eigenvalue weighted by atomic mass is 10.3. The van der Waals surface area contributed by atoms with Crippen molar-refractivity contribution in [3.63, 3.8) is 0 Å². The summed E-state index contributed by atoms with van der Waals surface area (Å²) in [5.41, 5.74) is 0. The van der Waals surface area contributed by atoms with Crippen molar-refractivity contribution in [2.24, 2.45) is 0 Å². The molecule has 0 aliphatic heterocycles. The number of imidazole rings is 1. The third-order valence-corrected chi connectivity index (χ3v) is 3.23. The van der Waals surface area contributed by atoms with Gasteiger partial charge in [0.25, 0.3) is 0 Å². The Morgan fingerprint density at radius 1 is 1.69 bits per heavy atom. The predicted octanol–water partition coefficient (Wildman–Crippen LogP) is 2.12. The Kier molecular flexibility index (Phi) is 6.00. The van der Waals surface area contributed by atoms with E-state index in [1.165, 1.54) is 12.8 Å². The van der Waals surface area contributed by atoms with Gasteiger partial charge < -0.3 is 10.3 Å². The van der Waals surface area contributed by atoms with Crippen LogP contribution in [0.5, 0.6) is 0 Å². The number of amides is 1. The standard InChI is InChI=1S/C11H19N3OS/c1-3-4-7-16-8-10(15)14-9(2)11-12-5-6-13-11/h5-6,9H,3-4,7-8H2,1-2H3,(H,12,13)(H,14,15). The van der Waals surface area contributed by atoms with Crippen molar-refractivity contribution in [2.45, 2.75) is 32.7 Å². The zero-order valence-electron chi connectivity index (χ0n) is 9.82. The minimum Gasteiger partial charge on any atom is -0.347 e. The second-order valence-corrected chi connectivity index (χ2v) is 4.77. The number of hydrogen-bond donors (Lipinski definition) is 2. The molecule has 1 amide bonds. The molecule has 0 aliphatic carbocycles. The van der Waals surface area contributed by atoms with Crippen LogP contribution >= 0.6 is 11.8 Å². The molecule has 1 aromatic rings. The van der Waals surface area contributed by atoms with Gasteiger partial charge in [0.15, 0.2) is 0 Å². The van der Waals surface area contributed by atoms with E-state index in [1.54, 1.807) is 24.2 Å². The van der Waals surface area contributed by atoms with Crippen molar-refractivity contribution in [2.75, 3.05) is 11.5 Å². The molecule has 1 atom stereocenters. The van der Waals surface area contributed by atoms with E-state index in [2.05, 4.69) is 22.2 Å². The lowest BCUT2D eigenvalue weighted by Gasteiger charge is -2.11. The summed E-state index contributed by atoms with van der Waals surface area (Å²) < 4.78 is 0. The number of unbranched alkanes of at least 4 members (excludes halogenated alkanes) is 1. The summed E-state index contributed by atoms with van der Waals surface area (Å²) in [5, 5.41) is 2.91. The van der Waals surface area contributed by atoms with Crippen molar-refractivity contribution < 1.29 is 4.79 Å². The molecule has 0 spiro atoms. The Hall–Kier alpha value is -0.970. The SMILES string of the molecule is CCCCSCC(=O)NC(C)c1ncc[nH]1. The topological polar surface area (TPSA) is 57.8 Å². The highest BCUT2D eigenvalue weighted by molar-refractivity contribution is 7.99. The minimum atomic E-state index is -0.0470. The summed E-state index contributed by atoms with van der Waals surface area (Å²) in [4.78, 5) is 18.6. The van der Waals surface area contributed by atoms with Gasteiger partial charge in [-0.25, -0.2) is 4.98 Å². The fourth-order valence-corrected chi connectivity index (χ4v) is 2.18. The summed E-state index contributed by atoms with van der Waals surface area (Å²) in [6.45, 7) is 4.08. The predicted molar refractivity (Wildman–Crippen MR) is 67.4 cm³/mol. The number of carbonyl (C=O) groups is 1. The molecular formula is C11H19N3OS. The molecule has 0 radical (unpaired) electrons. The Morgan fingerprint density at radius 2 is 2.50 bits per heavy atom. The van der Waals surface area contributed by atoms with Crippen LogP contribution in [0.4, 0.5) is 0 Å². The van der Waals surface area contributed by atoms with E-state index in [0.29, 0.717) is 5.75 Å². The summed E-state index contributed by atoms with van der Waals surface area (Å²) in [6.07, 6.45) is 5.80. The van der Waals surface area contributed by atoms with Crippen molar-refractivity contribution in [1.29, 1.82) is 0 Å². The molecule has 1 unspecified atom stereocenters. The van der Waals surface area contributed by atoms with Crippen LogP contribution in [0.15, 0.2) is 12.4 Å². The number of thioether (sulfide) groups is 1. The maximum atomic E-state index is 11.5. The quantitative estimate of drug-likeness (QED) is 0.719. The zero-order valence-corrected chi connectivity index (χ0v) is 10.6. The van der Waals surface area contributed by atoms with Gasteiger partial charge in [-0.2, -0.15) is 11.8 Å². The van der Waals surface area contributed by atoms with Gasteiger partial charge in [-0.3, -0.25) is 4.79 Å². The molecule has 1 rings (SSSR count). The van der Waals surface area contributed by atoms with Gasteiger partial charge in [0.2, 0.25) is 5.91 Å². The zero-order chi connectivity index (χ0) is 11.8. The summed E-state index contributed by atoms with van der Waals surface area (Å²) in [6, 6.07) is -0.0470. The Bertz CT molecular complexity index is 300. The van der Waals surface area contributed by atoms with Gasteiger partial charge in [-0.15, -0.1) is 0 Å². The summed E-state index contributed by atoms with van der Waals surface area (Å²) >= 11 is 1.68. The van der Waals surface area contributed by atoms with Crippen molar-refractivity contribution in [3.8, 4) is 0 Å². The highest BCUT2D eigenvalue weighted by Crippen LogP contribution is 2.07. The highest BCUT2D eigenvalue weighted by atomic mass is 32.2. The lowest BCUT2D eigenvalue weighted by molar-refractivity contribution is -0.119. The van der Waals surface area contributed by atoms with Gasteiger partial charge in [0.1, 0.15) is 5.82 Å². The number of rotatable bonds is 7. The first-order chi connectivity index (χ1) is 7.74. The van der Waals surface area contributed by atoms with Gasteiger partial charge in [0, 0.05) is 12.4 Å². The molecular weight excluding hydrogens is 222 g/mol. The second kappa shape index (κ2) is 7.33. The molecule has 0 saturated heterocycles. The number of aromatic nitrogens is 2. The Balaban J connectivity index is 2.19. The average molecular weight is 241 g/mol. The van der Waals surface area contributed by atoms with E-state index < -0.39 is 0 Å². The highest BCUT2D eigenvalue weighted by Gasteiger charge is 2.10. The third kappa shape index (κ3) is 4.70. The number of nitrogens with zero attached hydrogens (tertiary/aromatic N) is 1. The van der Waals surface area contributed by atoms with Crippen LogP contribution in [0.3, 0.4) is 0 Å².